The van der Waals surface area contributed by atoms with E-state index in [4.69, 9.17) is 5.73 Å². The van der Waals surface area contributed by atoms with Gasteiger partial charge >= 0.3 is 13.3 Å². The Morgan fingerprint density at radius 2 is 1.64 bits per heavy atom. The Morgan fingerprint density at radius 3 is 2.36 bits per heavy atom. The summed E-state index contributed by atoms with van der Waals surface area (Å²) in [6, 6.07) is 10.6. The number of nitrogens with one attached hydrogen (secondary N) is 5. The number of halogens is 2. The summed E-state index contributed by atoms with van der Waals surface area (Å²) in [6.07, 6.45) is 7.95. The van der Waals surface area contributed by atoms with Crippen LogP contribution in [0.4, 0.5) is 8.78 Å². The topological polar surface area (TPSA) is 320 Å². The predicted octanol–water partition coefficient (Wildman–Crippen LogP) is 3.97. The van der Waals surface area contributed by atoms with Crippen LogP contribution in [0.3, 0.4) is 0 Å². The molecule has 22 nitrogen and oxygen atoms in total. The first-order chi connectivity index (χ1) is 39.6. The lowest BCUT2D eigenvalue weighted by atomic mass is 10.0. The molecule has 0 aliphatic carbocycles. The number of nitrogens with zero attached hydrogens (tertiary/aromatic N) is 4. The van der Waals surface area contributed by atoms with Gasteiger partial charge in [-0.05, 0) is 93.9 Å². The van der Waals surface area contributed by atoms with Gasteiger partial charge in [-0.3, -0.25) is 53.0 Å². The van der Waals surface area contributed by atoms with Crippen molar-refractivity contribution in [3.8, 4) is 11.8 Å². The summed E-state index contributed by atoms with van der Waals surface area (Å²) in [7, 11) is -4.12. The number of hydrogen-bond donors (Lipinski definition) is 8. The van der Waals surface area contributed by atoms with Crippen LogP contribution >= 0.6 is 18.9 Å². The Kier molecular flexibility index (Phi) is 20.2. The second-order valence-corrected chi connectivity index (χ2v) is 24.0. The molecule has 0 saturated carbocycles. The summed E-state index contributed by atoms with van der Waals surface area (Å²) >= 11 is 0.679. The third-order valence-corrected chi connectivity index (χ3v) is 17.4. The van der Waals surface area contributed by atoms with Crippen molar-refractivity contribution in [3.63, 3.8) is 0 Å². The number of carbonyl (C=O) groups is 9. The first-order valence-corrected chi connectivity index (χ1v) is 30.2. The minimum Gasteiger partial charge on any atom is -0.370 e. The summed E-state index contributed by atoms with van der Waals surface area (Å²) in [6.45, 7) is 1.07. The second kappa shape index (κ2) is 27.3. The van der Waals surface area contributed by atoms with Gasteiger partial charge in [-0.25, -0.2) is 4.98 Å². The lowest BCUT2D eigenvalue weighted by Crippen LogP contribution is -2.61. The largest absolute Gasteiger partial charge is 0.399 e. The van der Waals surface area contributed by atoms with E-state index in [1.807, 2.05) is 11.0 Å². The molecule has 4 aromatic rings. The molecule has 83 heavy (non-hydrogen) atoms. The Labute approximate surface area is 481 Å². The third-order valence-electron chi connectivity index (χ3n) is 15.4. The van der Waals surface area contributed by atoms with Crippen LogP contribution in [0, 0.1) is 11.8 Å². The second-order valence-electron chi connectivity index (χ2n) is 21.3. The number of thiazole rings is 1. The molecule has 26 heteroatoms. The molecule has 4 aliphatic rings. The highest BCUT2D eigenvalue weighted by atomic mass is 32.1. The van der Waals surface area contributed by atoms with E-state index in [-0.39, 0.29) is 72.2 Å². The summed E-state index contributed by atoms with van der Waals surface area (Å²) in [4.78, 5) is 147. The number of unbranched alkanes of at least 4 members (excludes halogenated alkanes) is 7. The smallest absolute Gasteiger partial charge is 0.370 e. The SMILES string of the molecule is CN1CC[C@H]2CC[C@@H](C(=O)N[C@@H](CCC(N)=O)C(=O)N[C@H](C(=O)NCCCCCCCCCC#Cc3cccc4c3CN(C3CCC(=O)NC3=O)C4=O)c3ccccc3)N2C(=O)[C@@H](NC(=O)c2nc3ccc(C(F)(F)P(=O)(O)O)cc3s2)C1. The molecule has 0 spiro atoms. The number of amides is 9. The first kappa shape index (κ1) is 61.6. The van der Waals surface area contributed by atoms with Crippen LogP contribution in [-0.4, -0.2) is 140 Å². The Bertz CT molecular complexity index is 3260. The fourth-order valence-electron chi connectivity index (χ4n) is 10.9. The van der Waals surface area contributed by atoms with E-state index in [1.165, 1.54) is 9.80 Å². The van der Waals surface area contributed by atoms with Gasteiger partial charge in [0.1, 0.15) is 30.2 Å². The molecule has 8 rings (SSSR count). The van der Waals surface area contributed by atoms with Crippen LogP contribution in [0.15, 0.2) is 66.7 Å². The monoisotopic (exact) mass is 1180 g/mol. The van der Waals surface area contributed by atoms with Crippen LogP contribution < -0.4 is 32.3 Å². The molecule has 9 amide bonds. The van der Waals surface area contributed by atoms with E-state index < -0.39 is 96.4 Å². The molecule has 442 valence electrons. The molecule has 1 unspecified atom stereocenters. The number of benzene rings is 3. The standard InChI is InChI=1S/C57H67F2N10O12PS/c1-67-30-28-37-21-24-44(69(37)56(78)42(33-67)63-53(76)54-64-40-22-20-36(31-45(40)83-54)57(58,59)82(79,80)81)51(74)62-41(23-26-46(60)70)49(72)66-48(35-16-11-9-12-17-35)52(75)61-29-13-8-6-4-2-3-5-7-10-15-34-18-14-19-38-39(34)32-68(55(38)77)43-25-27-47(71)65-50(43)73/h9,11-12,14,16-20,22,31,37,41-44,48H,2-8,13,21,23-30,32-33H2,1H3,(H2,60,70)(H,61,75)(H,62,74)(H,63,76)(H,66,72)(H,65,71,73)(H2,79,80,81)/t37-,41+,42+,43?,44+,48+/m1/s1. The summed E-state index contributed by atoms with van der Waals surface area (Å²) < 4.78 is 40.6. The number of hydrogen-bond acceptors (Lipinski definition) is 13. The highest BCUT2D eigenvalue weighted by Crippen LogP contribution is 2.59. The molecule has 3 fully saturated rings. The molecule has 0 radical (unpaired) electrons. The highest BCUT2D eigenvalue weighted by molar-refractivity contribution is 7.52. The van der Waals surface area contributed by atoms with E-state index in [9.17, 15) is 66.3 Å². The predicted molar refractivity (Wildman–Crippen MR) is 300 cm³/mol. The molecular weight excluding hydrogens is 1120 g/mol. The normalized spacial score (nSPS) is 20.0. The van der Waals surface area contributed by atoms with Crippen molar-refractivity contribution < 1.29 is 66.3 Å². The minimum absolute atomic E-state index is 0.0142. The van der Waals surface area contributed by atoms with Crippen molar-refractivity contribution in [1.82, 2.24) is 46.3 Å². The van der Waals surface area contributed by atoms with Crippen molar-refractivity contribution in [2.24, 2.45) is 5.73 Å². The molecule has 3 saturated heterocycles. The van der Waals surface area contributed by atoms with Gasteiger partial charge in [-0.2, -0.15) is 8.78 Å². The number of likely N-dealkylation sites (N-methyl/N-ethyl adjacent to an activating group) is 1. The molecule has 0 bridgehead atoms. The van der Waals surface area contributed by atoms with Crippen molar-refractivity contribution in [1.29, 1.82) is 0 Å². The van der Waals surface area contributed by atoms with Gasteiger partial charge < -0.3 is 51.5 Å². The van der Waals surface area contributed by atoms with Gasteiger partial charge in [-0.1, -0.05) is 86.4 Å². The van der Waals surface area contributed by atoms with E-state index >= 15 is 0 Å². The van der Waals surface area contributed by atoms with Crippen LogP contribution in [0.1, 0.15) is 145 Å². The maximum absolute atomic E-state index is 14.5. The van der Waals surface area contributed by atoms with Gasteiger partial charge in [0.15, 0.2) is 5.01 Å². The van der Waals surface area contributed by atoms with E-state index in [1.54, 1.807) is 49.5 Å². The maximum atomic E-state index is 14.5. The first-order valence-electron chi connectivity index (χ1n) is 27.7. The number of imide groups is 1. The van der Waals surface area contributed by atoms with Crippen LogP contribution in [0.5, 0.6) is 0 Å². The number of fused-ring (bicyclic) bond motifs is 3. The number of alkyl halides is 2. The van der Waals surface area contributed by atoms with E-state index in [0.717, 1.165) is 67.9 Å². The molecule has 3 aromatic carbocycles. The maximum Gasteiger partial charge on any atom is 0.399 e. The van der Waals surface area contributed by atoms with E-state index in [2.05, 4.69) is 43.4 Å². The number of piperidine rings is 1. The van der Waals surface area contributed by atoms with Gasteiger partial charge in [0.05, 0.1) is 10.2 Å². The Morgan fingerprint density at radius 1 is 0.904 bits per heavy atom. The summed E-state index contributed by atoms with van der Waals surface area (Å²) in [5.41, 5.74) is 2.66. The van der Waals surface area contributed by atoms with Crippen LogP contribution in [0.25, 0.3) is 10.2 Å². The molecule has 4 aliphatic heterocycles. The van der Waals surface area contributed by atoms with Gasteiger partial charge in [0.25, 0.3) is 11.8 Å². The van der Waals surface area contributed by atoms with Crippen LogP contribution in [0.2, 0.25) is 0 Å². The molecule has 5 heterocycles. The van der Waals surface area contributed by atoms with Crippen molar-refractivity contribution in [3.05, 3.63) is 99.6 Å². The summed E-state index contributed by atoms with van der Waals surface area (Å²) in [5, 5.41) is 13.2. The van der Waals surface area contributed by atoms with Crippen LogP contribution in [-0.2, 0) is 50.3 Å². The average Bonchev–Trinajstić information content (AvgIpc) is 3.29. The number of nitrogens with two attached hydrogens (primary N) is 1. The van der Waals surface area contributed by atoms with Crippen molar-refractivity contribution in [2.45, 2.75) is 145 Å². The van der Waals surface area contributed by atoms with Crippen molar-refractivity contribution >= 4 is 82.3 Å². The lowest BCUT2D eigenvalue weighted by Gasteiger charge is -2.37. The number of carbonyl (C=O) groups excluding carboxylic acids is 9. The number of primary amides is 1. The minimum atomic E-state index is -5.88. The zero-order chi connectivity index (χ0) is 59.6. The van der Waals surface area contributed by atoms with E-state index in [0.29, 0.717) is 61.2 Å². The van der Waals surface area contributed by atoms with Gasteiger partial charge in [0.2, 0.25) is 41.4 Å². The van der Waals surface area contributed by atoms with Gasteiger partial charge in [0, 0.05) is 61.6 Å². The number of rotatable bonds is 23. The zero-order valence-corrected chi connectivity index (χ0v) is 47.4. The fourth-order valence-corrected chi connectivity index (χ4v) is 12.3. The molecule has 6 atom stereocenters. The van der Waals surface area contributed by atoms with Gasteiger partial charge in [-0.15, -0.1) is 11.3 Å². The number of aromatic nitrogens is 1. The Hall–Kier alpha value is -7.49. The molecular formula is C57H67F2N10O12PS. The highest BCUT2D eigenvalue weighted by Gasteiger charge is 2.51. The quantitative estimate of drug-likeness (QED) is 0.0226. The fraction of sp³-hybridized carbons (Fsp3) is 0.474. The third kappa shape index (κ3) is 15.0. The summed E-state index contributed by atoms with van der Waals surface area (Å²) in [5.74, 6) is 1.24. The zero-order valence-electron chi connectivity index (χ0n) is 45.7. The molecule has 1 aromatic heterocycles. The lowest BCUT2D eigenvalue weighted by molar-refractivity contribution is -0.144. The molecule has 9 N–H and O–H groups in total. The Balaban J connectivity index is 0.814. The van der Waals surface area contributed by atoms with Crippen molar-refractivity contribution in [2.75, 3.05) is 26.7 Å². The average molecular weight is 1190 g/mol.